The van der Waals surface area contributed by atoms with Gasteiger partial charge in [-0.2, -0.15) is 0 Å². The number of nitrogens with one attached hydrogen (secondary N) is 1. The first-order chi connectivity index (χ1) is 8.66. The lowest BCUT2D eigenvalue weighted by Gasteiger charge is -2.04. The Kier molecular flexibility index (Phi) is 3.29. The number of rotatable bonds is 3. The number of aromatic nitrogens is 2. The van der Waals surface area contributed by atoms with Crippen molar-refractivity contribution >= 4 is 17.6 Å². The van der Waals surface area contributed by atoms with Gasteiger partial charge in [-0.05, 0) is 18.2 Å². The van der Waals surface area contributed by atoms with Crippen LogP contribution in [-0.4, -0.2) is 27.0 Å². The second kappa shape index (κ2) is 5.05. The van der Waals surface area contributed by atoms with Gasteiger partial charge >= 0.3 is 5.97 Å². The number of hydrogen-bond acceptors (Lipinski definition) is 4. The fourth-order valence-electron chi connectivity index (χ4n) is 1.32. The Bertz CT molecular complexity index is 584. The van der Waals surface area contributed by atoms with Crippen molar-refractivity contribution in [2.24, 2.45) is 0 Å². The Labute approximate surface area is 102 Å². The number of aromatic carboxylic acids is 1. The van der Waals surface area contributed by atoms with Crippen LogP contribution in [0.1, 0.15) is 20.8 Å². The van der Waals surface area contributed by atoms with Gasteiger partial charge in [0.15, 0.2) is 0 Å². The van der Waals surface area contributed by atoms with Crippen molar-refractivity contribution in [3.05, 3.63) is 54.1 Å². The Morgan fingerprint density at radius 1 is 1.22 bits per heavy atom. The van der Waals surface area contributed by atoms with Crippen LogP contribution in [0.3, 0.4) is 0 Å². The Morgan fingerprint density at radius 3 is 2.72 bits per heavy atom. The van der Waals surface area contributed by atoms with Gasteiger partial charge in [-0.3, -0.25) is 14.8 Å². The molecule has 2 rings (SSSR count). The topological polar surface area (TPSA) is 92.2 Å². The molecule has 2 N–H and O–H groups in total. The SMILES string of the molecule is O=C(O)c1cncc(NC(=O)c2ccccn2)c1. The largest absolute Gasteiger partial charge is 0.478 e. The molecule has 2 aromatic rings. The van der Waals surface area contributed by atoms with Crippen molar-refractivity contribution in [3.63, 3.8) is 0 Å². The zero-order chi connectivity index (χ0) is 13.0. The van der Waals surface area contributed by atoms with Crippen molar-refractivity contribution in [1.29, 1.82) is 0 Å². The standard InChI is InChI=1S/C12H9N3O3/c16-11(10-3-1-2-4-14-10)15-9-5-8(12(17)18)6-13-7-9/h1-7H,(H,15,16)(H,17,18). The third kappa shape index (κ3) is 2.67. The van der Waals surface area contributed by atoms with Crippen molar-refractivity contribution < 1.29 is 14.7 Å². The minimum Gasteiger partial charge on any atom is -0.478 e. The number of nitrogens with zero attached hydrogens (tertiary/aromatic N) is 2. The number of amides is 1. The van der Waals surface area contributed by atoms with Crippen LogP contribution >= 0.6 is 0 Å². The van der Waals surface area contributed by atoms with Crippen LogP contribution in [0.15, 0.2) is 42.9 Å². The molecule has 18 heavy (non-hydrogen) atoms. The molecule has 6 nitrogen and oxygen atoms in total. The van der Waals surface area contributed by atoms with Gasteiger partial charge in [0.2, 0.25) is 0 Å². The molecule has 2 heterocycles. The van der Waals surface area contributed by atoms with E-state index in [0.717, 1.165) is 0 Å². The van der Waals surface area contributed by atoms with E-state index in [4.69, 9.17) is 5.11 Å². The van der Waals surface area contributed by atoms with Crippen LogP contribution in [0.5, 0.6) is 0 Å². The molecule has 6 heteroatoms. The second-order valence-electron chi connectivity index (χ2n) is 3.44. The van der Waals surface area contributed by atoms with E-state index < -0.39 is 11.9 Å². The van der Waals surface area contributed by atoms with Gasteiger partial charge in [-0.25, -0.2) is 4.79 Å². The molecule has 0 aliphatic carbocycles. The van der Waals surface area contributed by atoms with Gasteiger partial charge < -0.3 is 10.4 Å². The third-order valence-corrected chi connectivity index (χ3v) is 2.14. The quantitative estimate of drug-likeness (QED) is 0.850. The highest BCUT2D eigenvalue weighted by Crippen LogP contribution is 2.09. The minimum absolute atomic E-state index is 0.00817. The van der Waals surface area contributed by atoms with Crippen LogP contribution in [0.4, 0.5) is 5.69 Å². The highest BCUT2D eigenvalue weighted by Gasteiger charge is 2.09. The normalized spacial score (nSPS) is 9.78. The van der Waals surface area contributed by atoms with Gasteiger partial charge in [-0.1, -0.05) is 6.07 Å². The first-order valence-corrected chi connectivity index (χ1v) is 5.07. The summed E-state index contributed by atoms with van der Waals surface area (Å²) in [6, 6.07) is 6.28. The van der Waals surface area contributed by atoms with Crippen LogP contribution in [0, 0.1) is 0 Å². The number of carboxylic acids is 1. The summed E-state index contributed by atoms with van der Waals surface area (Å²) in [4.78, 5) is 30.1. The van der Waals surface area contributed by atoms with E-state index in [-0.39, 0.29) is 11.3 Å². The molecule has 0 aliphatic heterocycles. The maximum atomic E-state index is 11.7. The minimum atomic E-state index is -1.10. The van der Waals surface area contributed by atoms with E-state index in [0.29, 0.717) is 5.69 Å². The molecule has 1 amide bonds. The highest BCUT2D eigenvalue weighted by molar-refractivity contribution is 6.03. The maximum Gasteiger partial charge on any atom is 0.337 e. The van der Waals surface area contributed by atoms with E-state index in [1.54, 1.807) is 18.2 Å². The molecule has 2 aromatic heterocycles. The van der Waals surface area contributed by atoms with Crippen molar-refractivity contribution in [1.82, 2.24) is 9.97 Å². The lowest BCUT2D eigenvalue weighted by molar-refractivity contribution is 0.0696. The van der Waals surface area contributed by atoms with Gasteiger partial charge in [0.05, 0.1) is 17.4 Å². The molecule has 90 valence electrons. The van der Waals surface area contributed by atoms with Gasteiger partial charge in [-0.15, -0.1) is 0 Å². The van der Waals surface area contributed by atoms with E-state index in [1.165, 1.54) is 24.7 Å². The molecule has 0 radical (unpaired) electrons. The van der Waals surface area contributed by atoms with E-state index in [9.17, 15) is 9.59 Å². The predicted octanol–water partition coefficient (Wildman–Crippen LogP) is 1.43. The van der Waals surface area contributed by atoms with Gasteiger partial charge in [0, 0.05) is 12.4 Å². The smallest absolute Gasteiger partial charge is 0.337 e. The van der Waals surface area contributed by atoms with E-state index in [2.05, 4.69) is 15.3 Å². The Morgan fingerprint density at radius 2 is 2.06 bits per heavy atom. The summed E-state index contributed by atoms with van der Waals surface area (Å²) in [5.74, 6) is -1.52. The Balaban J connectivity index is 2.17. The van der Waals surface area contributed by atoms with Gasteiger partial charge in [0.1, 0.15) is 5.69 Å². The average Bonchev–Trinajstić information content (AvgIpc) is 2.40. The number of carboxylic acid groups (broad SMARTS) is 1. The molecule has 0 unspecified atom stereocenters. The number of carbonyl (C=O) groups is 2. The molecule has 0 atom stereocenters. The first kappa shape index (κ1) is 11.7. The molecule has 0 saturated carbocycles. The number of hydrogen-bond donors (Lipinski definition) is 2. The summed E-state index contributed by atoms with van der Waals surface area (Å²) in [6.07, 6.45) is 4.08. The number of anilines is 1. The first-order valence-electron chi connectivity index (χ1n) is 5.07. The summed E-state index contributed by atoms with van der Waals surface area (Å²) in [6.45, 7) is 0. The second-order valence-corrected chi connectivity index (χ2v) is 3.44. The van der Waals surface area contributed by atoms with Crippen molar-refractivity contribution in [2.75, 3.05) is 5.32 Å². The van der Waals surface area contributed by atoms with E-state index >= 15 is 0 Å². The van der Waals surface area contributed by atoms with Gasteiger partial charge in [0.25, 0.3) is 5.91 Å². The van der Waals surface area contributed by atoms with Crippen LogP contribution in [0.25, 0.3) is 0 Å². The van der Waals surface area contributed by atoms with Crippen LogP contribution in [-0.2, 0) is 0 Å². The molecule has 0 aromatic carbocycles. The zero-order valence-corrected chi connectivity index (χ0v) is 9.20. The monoisotopic (exact) mass is 243 g/mol. The maximum absolute atomic E-state index is 11.7. The lowest BCUT2D eigenvalue weighted by Crippen LogP contribution is -2.14. The molecular formula is C12H9N3O3. The average molecular weight is 243 g/mol. The van der Waals surface area contributed by atoms with Crippen LogP contribution in [0.2, 0.25) is 0 Å². The number of pyridine rings is 2. The highest BCUT2D eigenvalue weighted by atomic mass is 16.4. The van der Waals surface area contributed by atoms with E-state index in [1.807, 2.05) is 0 Å². The molecule has 0 spiro atoms. The Hall–Kier alpha value is -2.76. The number of carbonyl (C=O) groups excluding carboxylic acids is 1. The van der Waals surface area contributed by atoms with Crippen molar-refractivity contribution in [2.45, 2.75) is 0 Å². The summed E-state index contributed by atoms with van der Waals surface area (Å²) < 4.78 is 0. The fraction of sp³-hybridized carbons (Fsp3) is 0. The molecule has 0 saturated heterocycles. The summed E-state index contributed by atoms with van der Waals surface area (Å²) in [5.41, 5.74) is 0.567. The lowest BCUT2D eigenvalue weighted by atomic mass is 10.2. The third-order valence-electron chi connectivity index (χ3n) is 2.14. The predicted molar refractivity (Wildman–Crippen MR) is 63.4 cm³/mol. The fourth-order valence-corrected chi connectivity index (χ4v) is 1.32. The summed E-state index contributed by atoms with van der Waals surface area (Å²) in [5, 5.41) is 11.3. The summed E-state index contributed by atoms with van der Waals surface area (Å²) in [7, 11) is 0. The zero-order valence-electron chi connectivity index (χ0n) is 9.20. The summed E-state index contributed by atoms with van der Waals surface area (Å²) >= 11 is 0. The molecular weight excluding hydrogens is 234 g/mol. The molecule has 0 aliphatic rings. The van der Waals surface area contributed by atoms with Crippen molar-refractivity contribution in [3.8, 4) is 0 Å². The molecule has 0 bridgehead atoms. The van der Waals surface area contributed by atoms with Crippen LogP contribution < -0.4 is 5.32 Å². The molecule has 0 fully saturated rings.